The molecule has 172 valence electrons. The van der Waals surface area contributed by atoms with Crippen molar-refractivity contribution >= 4 is 15.9 Å². The first-order chi connectivity index (χ1) is 15.4. The Morgan fingerprint density at radius 1 is 1.09 bits per heavy atom. The third-order valence-electron chi connectivity index (χ3n) is 5.09. The molecule has 0 aromatic heterocycles. The Bertz CT molecular complexity index is 1010. The second-order valence-corrected chi connectivity index (χ2v) is 9.11. The molecule has 0 saturated heterocycles. The minimum Gasteiger partial charge on any atom is -0.497 e. The SMILES string of the molecule is COc1ccc(S(=O)(=O)N[C@@H]2C=C[C@@H](CC(=O)NCCc3ccccc3)O[C@@H]2CO)cc1. The second kappa shape index (κ2) is 11.2. The van der Waals surface area contributed by atoms with Crippen molar-refractivity contribution in [3.05, 3.63) is 72.3 Å². The van der Waals surface area contributed by atoms with Gasteiger partial charge in [0.05, 0.1) is 37.2 Å². The summed E-state index contributed by atoms with van der Waals surface area (Å²) in [7, 11) is -2.34. The van der Waals surface area contributed by atoms with Crippen molar-refractivity contribution < 1.29 is 27.8 Å². The van der Waals surface area contributed by atoms with Crippen LogP contribution in [-0.4, -0.2) is 57.9 Å². The molecule has 0 saturated carbocycles. The first-order valence-electron chi connectivity index (χ1n) is 10.3. The molecule has 1 amide bonds. The van der Waals surface area contributed by atoms with Crippen molar-refractivity contribution in [2.75, 3.05) is 20.3 Å². The van der Waals surface area contributed by atoms with Gasteiger partial charge in [0, 0.05) is 6.54 Å². The van der Waals surface area contributed by atoms with Crippen molar-refractivity contribution in [3.63, 3.8) is 0 Å². The van der Waals surface area contributed by atoms with E-state index in [1.807, 2.05) is 30.3 Å². The van der Waals surface area contributed by atoms with Gasteiger partial charge in [0.25, 0.3) is 0 Å². The van der Waals surface area contributed by atoms with E-state index in [2.05, 4.69) is 10.0 Å². The van der Waals surface area contributed by atoms with Crippen LogP contribution in [0, 0.1) is 0 Å². The van der Waals surface area contributed by atoms with Crippen molar-refractivity contribution in [1.82, 2.24) is 10.0 Å². The van der Waals surface area contributed by atoms with E-state index in [1.165, 1.54) is 19.2 Å². The normalized spacial score (nSPS) is 20.6. The fraction of sp³-hybridized carbons (Fsp3) is 0.348. The van der Waals surface area contributed by atoms with Crippen LogP contribution in [0.5, 0.6) is 5.75 Å². The Hall–Kier alpha value is -2.72. The lowest BCUT2D eigenvalue weighted by Crippen LogP contribution is -2.49. The minimum absolute atomic E-state index is 0.0725. The van der Waals surface area contributed by atoms with Crippen LogP contribution in [0.15, 0.2) is 71.6 Å². The summed E-state index contributed by atoms with van der Waals surface area (Å²) >= 11 is 0. The molecule has 1 aliphatic rings. The highest BCUT2D eigenvalue weighted by atomic mass is 32.2. The summed E-state index contributed by atoms with van der Waals surface area (Å²) in [5.74, 6) is 0.368. The molecule has 0 bridgehead atoms. The first kappa shape index (κ1) is 23.9. The zero-order chi connectivity index (χ0) is 23.0. The van der Waals surface area contributed by atoms with Gasteiger partial charge in [-0.15, -0.1) is 0 Å². The molecule has 0 spiro atoms. The highest BCUT2D eigenvalue weighted by Crippen LogP contribution is 2.20. The second-order valence-electron chi connectivity index (χ2n) is 7.39. The summed E-state index contributed by atoms with van der Waals surface area (Å²) in [6, 6.07) is 15.1. The highest BCUT2D eigenvalue weighted by molar-refractivity contribution is 7.89. The maximum absolute atomic E-state index is 12.7. The lowest BCUT2D eigenvalue weighted by atomic mass is 10.1. The van der Waals surface area contributed by atoms with E-state index < -0.39 is 34.9 Å². The van der Waals surface area contributed by atoms with Gasteiger partial charge in [-0.25, -0.2) is 13.1 Å². The zero-order valence-corrected chi connectivity index (χ0v) is 18.6. The number of sulfonamides is 1. The van der Waals surface area contributed by atoms with E-state index in [0.29, 0.717) is 12.3 Å². The average Bonchev–Trinajstić information content (AvgIpc) is 2.80. The number of benzene rings is 2. The van der Waals surface area contributed by atoms with Gasteiger partial charge in [-0.05, 0) is 36.2 Å². The highest BCUT2D eigenvalue weighted by Gasteiger charge is 2.31. The number of aliphatic hydroxyl groups is 1. The number of carbonyl (C=O) groups is 1. The van der Waals surface area contributed by atoms with Gasteiger partial charge in [0.15, 0.2) is 0 Å². The number of methoxy groups -OCH3 is 1. The monoisotopic (exact) mass is 460 g/mol. The summed E-state index contributed by atoms with van der Waals surface area (Å²) < 4.78 is 38.7. The molecule has 0 aliphatic carbocycles. The Morgan fingerprint density at radius 3 is 2.47 bits per heavy atom. The molecular formula is C23H28N2O6S. The van der Waals surface area contributed by atoms with Gasteiger partial charge in [-0.2, -0.15) is 0 Å². The van der Waals surface area contributed by atoms with Gasteiger partial charge in [-0.3, -0.25) is 4.79 Å². The van der Waals surface area contributed by atoms with Crippen LogP contribution in [-0.2, 0) is 26.0 Å². The van der Waals surface area contributed by atoms with Gasteiger partial charge in [0.1, 0.15) is 11.9 Å². The van der Waals surface area contributed by atoms with Crippen LogP contribution >= 0.6 is 0 Å². The van der Waals surface area contributed by atoms with Gasteiger partial charge in [0.2, 0.25) is 15.9 Å². The van der Waals surface area contributed by atoms with Gasteiger partial charge in [-0.1, -0.05) is 42.5 Å². The number of rotatable bonds is 10. The molecule has 2 aromatic rings. The van der Waals surface area contributed by atoms with Crippen LogP contribution in [0.2, 0.25) is 0 Å². The lowest BCUT2D eigenvalue weighted by molar-refractivity contribution is -0.125. The number of nitrogens with one attached hydrogen (secondary N) is 2. The zero-order valence-electron chi connectivity index (χ0n) is 17.8. The molecule has 1 aliphatic heterocycles. The predicted octanol–water partition coefficient (Wildman–Crippen LogP) is 1.41. The molecule has 0 radical (unpaired) electrons. The maximum atomic E-state index is 12.7. The van der Waals surface area contributed by atoms with Gasteiger partial charge >= 0.3 is 0 Å². The third kappa shape index (κ3) is 6.64. The van der Waals surface area contributed by atoms with Crippen molar-refractivity contribution in [2.45, 2.75) is 36.0 Å². The lowest BCUT2D eigenvalue weighted by Gasteiger charge is -2.31. The van der Waals surface area contributed by atoms with E-state index in [0.717, 1.165) is 12.0 Å². The number of carbonyl (C=O) groups excluding carboxylic acids is 1. The fourth-order valence-electron chi connectivity index (χ4n) is 3.36. The average molecular weight is 461 g/mol. The Morgan fingerprint density at radius 2 is 1.81 bits per heavy atom. The minimum atomic E-state index is -3.83. The van der Waals surface area contributed by atoms with Crippen LogP contribution in [0.3, 0.4) is 0 Å². The number of amides is 1. The molecule has 9 heteroatoms. The number of hydrogen-bond donors (Lipinski definition) is 3. The summed E-state index contributed by atoms with van der Waals surface area (Å²) in [6.45, 7) is 0.110. The molecule has 0 unspecified atom stereocenters. The predicted molar refractivity (Wildman–Crippen MR) is 120 cm³/mol. The summed E-state index contributed by atoms with van der Waals surface area (Å²) in [5.41, 5.74) is 1.13. The number of hydrogen-bond acceptors (Lipinski definition) is 6. The maximum Gasteiger partial charge on any atom is 0.241 e. The summed E-state index contributed by atoms with van der Waals surface area (Å²) in [4.78, 5) is 12.3. The Balaban J connectivity index is 1.53. The van der Waals surface area contributed by atoms with E-state index in [4.69, 9.17) is 9.47 Å². The molecule has 32 heavy (non-hydrogen) atoms. The van der Waals surface area contributed by atoms with Crippen LogP contribution < -0.4 is 14.8 Å². The molecule has 3 N–H and O–H groups in total. The first-order valence-corrected chi connectivity index (χ1v) is 11.8. The fourth-order valence-corrected chi connectivity index (χ4v) is 4.58. The van der Waals surface area contributed by atoms with Crippen molar-refractivity contribution in [2.24, 2.45) is 0 Å². The summed E-state index contributed by atoms with van der Waals surface area (Å²) in [6.07, 6.45) is 2.71. The van der Waals surface area contributed by atoms with Crippen LogP contribution in [0.25, 0.3) is 0 Å². The van der Waals surface area contributed by atoms with Crippen molar-refractivity contribution in [1.29, 1.82) is 0 Å². The Kier molecular flexibility index (Phi) is 8.40. The van der Waals surface area contributed by atoms with Crippen molar-refractivity contribution in [3.8, 4) is 5.75 Å². The van der Waals surface area contributed by atoms with E-state index in [1.54, 1.807) is 24.3 Å². The summed E-state index contributed by atoms with van der Waals surface area (Å²) in [5, 5.41) is 12.6. The number of ether oxygens (including phenoxy) is 2. The van der Waals surface area contributed by atoms with E-state index in [-0.39, 0.29) is 17.2 Å². The Labute approximate surface area is 188 Å². The molecular weight excluding hydrogens is 432 g/mol. The van der Waals surface area contributed by atoms with Crippen LogP contribution in [0.1, 0.15) is 12.0 Å². The topological polar surface area (TPSA) is 114 Å². The smallest absolute Gasteiger partial charge is 0.241 e. The standard InChI is InChI=1S/C23H28N2O6S/c1-30-18-7-10-20(11-8-18)32(28,29)25-21-12-9-19(31-22(21)16-26)15-23(27)24-14-13-17-5-3-2-4-6-17/h2-12,19,21-22,25-26H,13-16H2,1H3,(H,24,27)/t19-,21+,22+/m0/s1. The van der Waals surface area contributed by atoms with Gasteiger partial charge < -0.3 is 19.9 Å². The third-order valence-corrected chi connectivity index (χ3v) is 6.56. The van der Waals surface area contributed by atoms with Crippen LogP contribution in [0.4, 0.5) is 0 Å². The quantitative estimate of drug-likeness (QED) is 0.462. The molecule has 0 fully saturated rings. The molecule has 3 rings (SSSR count). The van der Waals surface area contributed by atoms with E-state index >= 15 is 0 Å². The van der Waals surface area contributed by atoms with E-state index in [9.17, 15) is 18.3 Å². The molecule has 2 aromatic carbocycles. The molecule has 8 nitrogen and oxygen atoms in total. The largest absolute Gasteiger partial charge is 0.497 e. The molecule has 1 heterocycles. The molecule has 3 atom stereocenters. The number of aliphatic hydroxyl groups excluding tert-OH is 1.